The van der Waals surface area contributed by atoms with Crippen LogP contribution in [0.15, 0.2) is 0 Å². The Hall–Kier alpha value is -0.170. The minimum absolute atomic E-state index is 0.326. The molecular weight excluding hydrogens is 160 g/mol. The first-order valence-electron chi connectivity index (χ1n) is 5.64. The van der Waals surface area contributed by atoms with Gasteiger partial charge in [-0.1, -0.05) is 0 Å². The zero-order valence-electron chi connectivity index (χ0n) is 8.59. The maximum Gasteiger partial charge on any atom is 0.101 e. The zero-order valence-corrected chi connectivity index (χ0v) is 8.59. The number of hydrogen-bond acceptors (Lipinski definition) is 1. The fraction of sp³-hybridized carbons (Fsp3) is 0.917. The van der Waals surface area contributed by atoms with Crippen molar-refractivity contribution < 1.29 is 5.11 Å². The molecule has 0 unspecified atom stereocenters. The number of hydrogen-bond donors (Lipinski definition) is 1. The van der Waals surface area contributed by atoms with Crippen molar-refractivity contribution in [3.8, 4) is 0 Å². The lowest BCUT2D eigenvalue weighted by atomic mass is 9.47. The van der Waals surface area contributed by atoms with Gasteiger partial charge >= 0.3 is 0 Å². The van der Waals surface area contributed by atoms with E-state index in [2.05, 4.69) is 13.8 Å². The molecule has 4 aliphatic carbocycles. The Labute approximate surface area is 80.5 Å². The Balaban J connectivity index is 1.95. The maximum atomic E-state index is 10.4. The lowest BCUT2D eigenvalue weighted by Gasteiger charge is -2.55. The van der Waals surface area contributed by atoms with E-state index in [1.807, 2.05) is 0 Å². The van der Waals surface area contributed by atoms with Crippen molar-refractivity contribution >= 4 is 0 Å². The summed E-state index contributed by atoms with van der Waals surface area (Å²) in [5.74, 6) is 4.70. The van der Waals surface area contributed by atoms with Gasteiger partial charge in [0.05, 0.1) is 18.4 Å². The Morgan fingerprint density at radius 1 is 1.08 bits per heavy atom. The SMILES string of the molecule is C[C+]1C2CC3CC1CC(C2)C3(C)O. The van der Waals surface area contributed by atoms with E-state index in [1.54, 1.807) is 5.92 Å². The molecule has 0 aliphatic heterocycles. The minimum atomic E-state index is -0.326. The van der Waals surface area contributed by atoms with Gasteiger partial charge < -0.3 is 5.11 Å². The van der Waals surface area contributed by atoms with Crippen LogP contribution in [0, 0.1) is 29.6 Å². The molecule has 0 heterocycles. The normalized spacial score (nSPS) is 58.8. The summed E-state index contributed by atoms with van der Waals surface area (Å²) in [5, 5.41) is 10.4. The van der Waals surface area contributed by atoms with Crippen LogP contribution >= 0.6 is 0 Å². The summed E-state index contributed by atoms with van der Waals surface area (Å²) in [6, 6.07) is 0. The molecule has 1 heteroatoms. The highest BCUT2D eigenvalue weighted by atomic mass is 16.3. The third-order valence-corrected chi connectivity index (χ3v) is 5.22. The standard InChI is InChI=1S/C12H19O/c1-7-8-3-10-5-9(7)6-11(4-8)12(10,2)13/h8-11,13H,3-6H2,1-2H3/q+1. The number of aliphatic hydroxyl groups is 1. The van der Waals surface area contributed by atoms with E-state index in [-0.39, 0.29) is 5.60 Å². The van der Waals surface area contributed by atoms with Crippen LogP contribution in [0.25, 0.3) is 0 Å². The first-order chi connectivity index (χ1) is 6.09. The van der Waals surface area contributed by atoms with Gasteiger partial charge in [-0.15, -0.1) is 0 Å². The Morgan fingerprint density at radius 3 is 1.85 bits per heavy atom. The van der Waals surface area contributed by atoms with E-state index in [1.165, 1.54) is 25.7 Å². The quantitative estimate of drug-likeness (QED) is 0.566. The highest BCUT2D eigenvalue weighted by Crippen LogP contribution is 2.60. The van der Waals surface area contributed by atoms with Crippen LogP contribution in [0.5, 0.6) is 0 Å². The third-order valence-electron chi connectivity index (χ3n) is 5.22. The summed E-state index contributed by atoms with van der Waals surface area (Å²) in [7, 11) is 0. The molecule has 0 aromatic rings. The van der Waals surface area contributed by atoms with Crippen molar-refractivity contribution in [3.05, 3.63) is 5.92 Å². The average Bonchev–Trinajstić information content (AvgIpc) is 2.00. The summed E-state index contributed by atoms with van der Waals surface area (Å²) in [6.45, 7) is 4.43. The molecule has 0 aromatic carbocycles. The average molecular weight is 179 g/mol. The molecule has 1 N–H and O–H groups in total. The maximum absolute atomic E-state index is 10.4. The predicted octanol–water partition coefficient (Wildman–Crippen LogP) is 2.40. The van der Waals surface area contributed by atoms with E-state index < -0.39 is 0 Å². The van der Waals surface area contributed by atoms with Crippen LogP contribution in [-0.4, -0.2) is 10.7 Å². The molecule has 0 spiro atoms. The van der Waals surface area contributed by atoms with Crippen LogP contribution < -0.4 is 0 Å². The van der Waals surface area contributed by atoms with Crippen molar-refractivity contribution in [3.63, 3.8) is 0 Å². The molecule has 1 nitrogen and oxygen atoms in total. The monoisotopic (exact) mass is 179 g/mol. The molecular formula is C12H19O+. The minimum Gasteiger partial charge on any atom is -0.390 e. The molecule has 0 atom stereocenters. The molecule has 4 fully saturated rings. The summed E-state index contributed by atoms with van der Waals surface area (Å²) < 4.78 is 0. The fourth-order valence-electron chi connectivity index (χ4n) is 4.12. The van der Waals surface area contributed by atoms with E-state index >= 15 is 0 Å². The summed E-state index contributed by atoms with van der Waals surface area (Å²) in [5.41, 5.74) is -0.326. The van der Waals surface area contributed by atoms with E-state index in [0.29, 0.717) is 11.8 Å². The topological polar surface area (TPSA) is 20.2 Å². The van der Waals surface area contributed by atoms with E-state index in [0.717, 1.165) is 11.8 Å². The molecule has 0 aromatic heterocycles. The Kier molecular flexibility index (Phi) is 1.41. The summed E-state index contributed by atoms with van der Waals surface area (Å²) >= 11 is 0. The zero-order chi connectivity index (χ0) is 9.22. The van der Waals surface area contributed by atoms with Gasteiger partial charge in [0, 0.05) is 0 Å². The largest absolute Gasteiger partial charge is 0.390 e. The van der Waals surface area contributed by atoms with Gasteiger partial charge in [0.1, 0.15) is 11.8 Å². The van der Waals surface area contributed by atoms with Crippen molar-refractivity contribution in [2.75, 3.05) is 0 Å². The molecule has 72 valence electrons. The van der Waals surface area contributed by atoms with Crippen molar-refractivity contribution in [2.24, 2.45) is 23.7 Å². The smallest absolute Gasteiger partial charge is 0.101 e. The van der Waals surface area contributed by atoms with Crippen LogP contribution in [0.4, 0.5) is 0 Å². The molecule has 0 radical (unpaired) electrons. The first kappa shape index (κ1) is 8.16. The van der Waals surface area contributed by atoms with Crippen LogP contribution in [0.1, 0.15) is 39.5 Å². The second-order valence-corrected chi connectivity index (χ2v) is 5.70. The van der Waals surface area contributed by atoms with E-state index in [9.17, 15) is 5.11 Å². The van der Waals surface area contributed by atoms with Crippen molar-refractivity contribution in [1.29, 1.82) is 0 Å². The molecule has 0 saturated heterocycles. The third kappa shape index (κ3) is 0.890. The summed E-state index contributed by atoms with van der Waals surface area (Å²) in [4.78, 5) is 0. The van der Waals surface area contributed by atoms with Gasteiger partial charge in [-0.2, -0.15) is 0 Å². The van der Waals surface area contributed by atoms with Crippen LogP contribution in [-0.2, 0) is 0 Å². The molecule has 4 rings (SSSR count). The number of rotatable bonds is 0. The van der Waals surface area contributed by atoms with Gasteiger partial charge in [-0.05, 0) is 44.4 Å². The van der Waals surface area contributed by atoms with E-state index in [4.69, 9.17) is 0 Å². The Bertz CT molecular complexity index is 199. The fourth-order valence-corrected chi connectivity index (χ4v) is 4.12. The lowest BCUT2D eigenvalue weighted by molar-refractivity contribution is -0.151. The molecule has 4 aliphatic rings. The highest BCUT2D eigenvalue weighted by molar-refractivity contribution is 5.16. The molecule has 4 saturated carbocycles. The molecule has 0 amide bonds. The second kappa shape index (κ2) is 2.25. The van der Waals surface area contributed by atoms with Gasteiger partial charge in [0.15, 0.2) is 0 Å². The van der Waals surface area contributed by atoms with Crippen LogP contribution in [0.2, 0.25) is 0 Å². The first-order valence-corrected chi connectivity index (χ1v) is 5.64. The van der Waals surface area contributed by atoms with Gasteiger partial charge in [-0.3, -0.25) is 0 Å². The predicted molar refractivity (Wildman–Crippen MR) is 52.0 cm³/mol. The van der Waals surface area contributed by atoms with Gasteiger partial charge in [-0.25, -0.2) is 0 Å². The Morgan fingerprint density at radius 2 is 1.46 bits per heavy atom. The van der Waals surface area contributed by atoms with Gasteiger partial charge in [0.2, 0.25) is 0 Å². The molecule has 4 bridgehead atoms. The van der Waals surface area contributed by atoms with Crippen molar-refractivity contribution in [2.45, 2.75) is 45.1 Å². The summed E-state index contributed by atoms with van der Waals surface area (Å²) in [6.07, 6.45) is 5.08. The van der Waals surface area contributed by atoms with Crippen molar-refractivity contribution in [1.82, 2.24) is 0 Å². The lowest BCUT2D eigenvalue weighted by Crippen LogP contribution is -2.57. The second-order valence-electron chi connectivity index (χ2n) is 5.70. The highest BCUT2D eigenvalue weighted by Gasteiger charge is 2.61. The van der Waals surface area contributed by atoms with Gasteiger partial charge in [0.25, 0.3) is 0 Å². The molecule has 13 heavy (non-hydrogen) atoms. The van der Waals surface area contributed by atoms with Crippen LogP contribution in [0.3, 0.4) is 0 Å².